The first-order valence-corrected chi connectivity index (χ1v) is 6.57. The van der Waals surface area contributed by atoms with Crippen molar-refractivity contribution in [2.24, 2.45) is 5.92 Å². The molecule has 1 fully saturated rings. The molecule has 2 aliphatic rings. The number of ether oxygens (including phenoxy) is 3. The lowest BCUT2D eigenvalue weighted by Crippen LogP contribution is -2.32. The van der Waals surface area contributed by atoms with E-state index in [-0.39, 0.29) is 18.6 Å². The molecule has 0 bridgehead atoms. The van der Waals surface area contributed by atoms with Gasteiger partial charge in [0.2, 0.25) is 12.7 Å². The van der Waals surface area contributed by atoms with Gasteiger partial charge in [-0.2, -0.15) is 0 Å². The number of carbonyl (C=O) groups is 1. The minimum atomic E-state index is 0.0248. The van der Waals surface area contributed by atoms with Crippen LogP contribution in [0.4, 0.5) is 0 Å². The number of hydrogen-bond donors (Lipinski definition) is 1. The van der Waals surface area contributed by atoms with Crippen molar-refractivity contribution in [1.82, 2.24) is 5.32 Å². The number of carbonyl (C=O) groups excluding carboxylic acids is 1. The van der Waals surface area contributed by atoms with Gasteiger partial charge in [0.05, 0.1) is 12.5 Å². The lowest BCUT2D eigenvalue weighted by Gasteiger charge is -2.09. The van der Waals surface area contributed by atoms with E-state index in [1.807, 2.05) is 18.2 Å². The molecule has 1 amide bonds. The lowest BCUT2D eigenvalue weighted by molar-refractivity contribution is -0.124. The Morgan fingerprint density at radius 2 is 2.21 bits per heavy atom. The van der Waals surface area contributed by atoms with Crippen LogP contribution in [0.1, 0.15) is 12.0 Å². The number of fused-ring (bicyclic) bond motifs is 1. The summed E-state index contributed by atoms with van der Waals surface area (Å²) in [7, 11) is 0. The lowest BCUT2D eigenvalue weighted by atomic mass is 10.1. The smallest absolute Gasteiger partial charge is 0.231 e. The van der Waals surface area contributed by atoms with E-state index in [9.17, 15) is 4.79 Å². The van der Waals surface area contributed by atoms with Gasteiger partial charge in [0.15, 0.2) is 11.5 Å². The Morgan fingerprint density at radius 1 is 1.32 bits per heavy atom. The third-order valence-corrected chi connectivity index (χ3v) is 3.45. The summed E-state index contributed by atoms with van der Waals surface area (Å²) in [5.74, 6) is 1.69. The van der Waals surface area contributed by atoms with Crippen LogP contribution in [-0.2, 0) is 16.0 Å². The van der Waals surface area contributed by atoms with Crippen molar-refractivity contribution >= 4 is 5.91 Å². The van der Waals surface area contributed by atoms with Gasteiger partial charge < -0.3 is 19.5 Å². The van der Waals surface area contributed by atoms with Crippen LogP contribution >= 0.6 is 0 Å². The maximum atomic E-state index is 11.8. The van der Waals surface area contributed by atoms with Gasteiger partial charge in [-0.3, -0.25) is 4.79 Å². The molecular formula is C14H17NO4. The molecule has 1 aromatic rings. The topological polar surface area (TPSA) is 56.8 Å². The van der Waals surface area contributed by atoms with E-state index in [2.05, 4.69) is 5.32 Å². The van der Waals surface area contributed by atoms with Crippen LogP contribution in [0.5, 0.6) is 11.5 Å². The molecular weight excluding hydrogens is 246 g/mol. The maximum Gasteiger partial charge on any atom is 0.231 e. The molecule has 1 saturated heterocycles. The molecule has 1 atom stereocenters. The fourth-order valence-electron chi connectivity index (χ4n) is 2.31. The molecule has 102 valence electrons. The zero-order chi connectivity index (χ0) is 13.1. The summed E-state index contributed by atoms with van der Waals surface area (Å²) < 4.78 is 15.8. The Bertz CT molecular complexity index is 469. The highest BCUT2D eigenvalue weighted by atomic mass is 16.7. The second kappa shape index (κ2) is 5.48. The largest absolute Gasteiger partial charge is 0.454 e. The summed E-state index contributed by atoms with van der Waals surface area (Å²) in [5, 5.41) is 2.95. The van der Waals surface area contributed by atoms with Crippen LogP contribution in [0, 0.1) is 5.92 Å². The SMILES string of the molecule is O=C(NCCc1ccc2c(c1)OCO2)[C@@H]1CCOC1. The molecule has 0 aromatic heterocycles. The zero-order valence-corrected chi connectivity index (χ0v) is 10.7. The van der Waals surface area contributed by atoms with Crippen LogP contribution in [0.2, 0.25) is 0 Å². The van der Waals surface area contributed by atoms with Crippen LogP contribution in [0.3, 0.4) is 0 Å². The van der Waals surface area contributed by atoms with E-state index in [1.165, 1.54) is 0 Å². The fourth-order valence-corrected chi connectivity index (χ4v) is 2.31. The Balaban J connectivity index is 1.48. The fraction of sp³-hybridized carbons (Fsp3) is 0.500. The molecule has 3 rings (SSSR count). The molecule has 5 nitrogen and oxygen atoms in total. The Hall–Kier alpha value is -1.75. The summed E-state index contributed by atoms with van der Waals surface area (Å²) in [6.45, 7) is 2.17. The zero-order valence-electron chi connectivity index (χ0n) is 10.7. The predicted octanol–water partition coefficient (Wildman–Crippen LogP) is 1.11. The first-order chi connectivity index (χ1) is 9.33. The molecule has 0 unspecified atom stereocenters. The highest BCUT2D eigenvalue weighted by Crippen LogP contribution is 2.32. The van der Waals surface area contributed by atoms with E-state index in [1.54, 1.807) is 0 Å². The van der Waals surface area contributed by atoms with Gasteiger partial charge in [-0.15, -0.1) is 0 Å². The van der Waals surface area contributed by atoms with E-state index in [0.29, 0.717) is 19.8 Å². The average Bonchev–Trinajstić information content (AvgIpc) is 3.09. The molecule has 2 heterocycles. The molecule has 0 aliphatic carbocycles. The predicted molar refractivity (Wildman–Crippen MR) is 68.2 cm³/mol. The van der Waals surface area contributed by atoms with Gasteiger partial charge in [-0.05, 0) is 30.5 Å². The van der Waals surface area contributed by atoms with Crippen molar-refractivity contribution in [3.05, 3.63) is 23.8 Å². The van der Waals surface area contributed by atoms with Crippen LogP contribution in [0.15, 0.2) is 18.2 Å². The minimum Gasteiger partial charge on any atom is -0.454 e. The summed E-state index contributed by atoms with van der Waals surface area (Å²) in [4.78, 5) is 11.8. The first kappa shape index (κ1) is 12.3. The van der Waals surface area contributed by atoms with Gasteiger partial charge in [0.1, 0.15) is 0 Å². The number of nitrogens with one attached hydrogen (secondary N) is 1. The quantitative estimate of drug-likeness (QED) is 0.884. The Morgan fingerprint density at radius 3 is 3.05 bits per heavy atom. The molecule has 1 aromatic carbocycles. The molecule has 1 N–H and O–H groups in total. The standard InChI is InChI=1S/C14H17NO4/c16-14(11-4-6-17-8-11)15-5-3-10-1-2-12-13(7-10)19-9-18-12/h1-2,7,11H,3-6,8-9H2,(H,15,16)/t11-/m1/s1. The summed E-state index contributed by atoms with van der Waals surface area (Å²) in [5.41, 5.74) is 1.13. The monoisotopic (exact) mass is 263 g/mol. The summed E-state index contributed by atoms with van der Waals surface area (Å²) in [6, 6.07) is 5.87. The summed E-state index contributed by atoms with van der Waals surface area (Å²) in [6.07, 6.45) is 1.62. The van der Waals surface area contributed by atoms with Crippen LogP contribution < -0.4 is 14.8 Å². The molecule has 2 aliphatic heterocycles. The van der Waals surface area contributed by atoms with Gasteiger partial charge in [0, 0.05) is 13.2 Å². The van der Waals surface area contributed by atoms with Crippen molar-refractivity contribution in [1.29, 1.82) is 0 Å². The molecule has 0 radical (unpaired) electrons. The van der Waals surface area contributed by atoms with Crippen molar-refractivity contribution in [2.75, 3.05) is 26.6 Å². The van der Waals surface area contributed by atoms with E-state index >= 15 is 0 Å². The second-order valence-electron chi connectivity index (χ2n) is 4.79. The first-order valence-electron chi connectivity index (χ1n) is 6.57. The van der Waals surface area contributed by atoms with Crippen molar-refractivity contribution in [3.8, 4) is 11.5 Å². The normalized spacial score (nSPS) is 20.5. The van der Waals surface area contributed by atoms with E-state index in [4.69, 9.17) is 14.2 Å². The maximum absolute atomic E-state index is 11.8. The second-order valence-corrected chi connectivity index (χ2v) is 4.79. The third kappa shape index (κ3) is 2.81. The van der Waals surface area contributed by atoms with Crippen LogP contribution in [0.25, 0.3) is 0 Å². The van der Waals surface area contributed by atoms with Crippen molar-refractivity contribution < 1.29 is 19.0 Å². The molecule has 0 saturated carbocycles. The minimum absolute atomic E-state index is 0.0248. The average molecular weight is 263 g/mol. The summed E-state index contributed by atoms with van der Waals surface area (Å²) >= 11 is 0. The highest BCUT2D eigenvalue weighted by molar-refractivity contribution is 5.78. The third-order valence-electron chi connectivity index (χ3n) is 3.45. The van der Waals surface area contributed by atoms with Gasteiger partial charge in [0.25, 0.3) is 0 Å². The molecule has 5 heteroatoms. The molecule has 0 spiro atoms. The Kier molecular flexibility index (Phi) is 3.55. The number of rotatable bonds is 4. The number of benzene rings is 1. The molecule has 19 heavy (non-hydrogen) atoms. The van der Waals surface area contributed by atoms with E-state index in [0.717, 1.165) is 29.9 Å². The van der Waals surface area contributed by atoms with Gasteiger partial charge in [-0.25, -0.2) is 0 Å². The number of hydrogen-bond acceptors (Lipinski definition) is 4. The van der Waals surface area contributed by atoms with Gasteiger partial charge in [-0.1, -0.05) is 6.07 Å². The van der Waals surface area contributed by atoms with Crippen molar-refractivity contribution in [2.45, 2.75) is 12.8 Å². The van der Waals surface area contributed by atoms with Crippen LogP contribution in [-0.4, -0.2) is 32.5 Å². The van der Waals surface area contributed by atoms with Crippen molar-refractivity contribution in [3.63, 3.8) is 0 Å². The Labute approximate surface area is 111 Å². The number of amides is 1. The van der Waals surface area contributed by atoms with Gasteiger partial charge >= 0.3 is 0 Å². The van der Waals surface area contributed by atoms with E-state index < -0.39 is 0 Å². The highest BCUT2D eigenvalue weighted by Gasteiger charge is 2.22.